The van der Waals surface area contributed by atoms with Crippen LogP contribution in [-0.4, -0.2) is 17.9 Å². The number of carbonyl (C=O) groups is 2. The first-order valence-corrected chi connectivity index (χ1v) is 8.39. The van der Waals surface area contributed by atoms with Crippen molar-refractivity contribution in [2.45, 2.75) is 18.4 Å². The van der Waals surface area contributed by atoms with E-state index in [1.54, 1.807) is 0 Å². The first-order chi connectivity index (χ1) is 11.5. The highest BCUT2D eigenvalue weighted by Crippen LogP contribution is 2.44. The quantitative estimate of drug-likeness (QED) is 0.831. The molecule has 0 aliphatic heterocycles. The van der Waals surface area contributed by atoms with Crippen molar-refractivity contribution in [1.29, 1.82) is 0 Å². The Bertz CT molecular complexity index is 786. The van der Waals surface area contributed by atoms with Crippen molar-refractivity contribution >= 4 is 27.7 Å². The van der Waals surface area contributed by atoms with Crippen molar-refractivity contribution in [1.82, 2.24) is 5.32 Å². The number of nitrogens with two attached hydrogens (primary N) is 1. The van der Waals surface area contributed by atoms with Crippen LogP contribution in [0.4, 0.5) is 0 Å². The van der Waals surface area contributed by atoms with Crippen molar-refractivity contribution < 1.29 is 9.59 Å². The molecule has 0 unspecified atom stereocenters. The Labute approximate surface area is 148 Å². The molecule has 1 atom stereocenters. The molecule has 1 aliphatic rings. The van der Waals surface area contributed by atoms with Crippen LogP contribution in [0.3, 0.4) is 0 Å². The van der Waals surface area contributed by atoms with E-state index in [0.29, 0.717) is 4.48 Å². The third-order valence-corrected chi connectivity index (χ3v) is 4.51. The smallest absolute Gasteiger partial charge is 0.240 e. The van der Waals surface area contributed by atoms with E-state index in [4.69, 9.17) is 5.73 Å². The highest BCUT2D eigenvalue weighted by Gasteiger charge is 2.34. The third-order valence-electron chi connectivity index (χ3n) is 4.18. The normalized spacial score (nSPS) is 13.7. The summed E-state index contributed by atoms with van der Waals surface area (Å²) in [6, 6.07) is 14.9. The first kappa shape index (κ1) is 16.5. The Kier molecular flexibility index (Phi) is 4.53. The number of fused-ring (bicyclic) bond motifs is 3. The summed E-state index contributed by atoms with van der Waals surface area (Å²) in [6.45, 7) is 3.71. The molecule has 122 valence electrons. The number of hydrogen-bond acceptors (Lipinski definition) is 2. The van der Waals surface area contributed by atoms with Crippen LogP contribution in [0.2, 0.25) is 0 Å². The molecule has 2 amide bonds. The van der Waals surface area contributed by atoms with Gasteiger partial charge < -0.3 is 11.1 Å². The van der Waals surface area contributed by atoms with Crippen LogP contribution in [0.1, 0.15) is 23.5 Å². The lowest BCUT2D eigenvalue weighted by atomic mass is 9.95. The first-order valence-electron chi connectivity index (χ1n) is 7.60. The van der Waals surface area contributed by atoms with E-state index in [1.165, 1.54) is 0 Å². The molecular formula is C19H17BrN2O2. The van der Waals surface area contributed by atoms with Gasteiger partial charge in [0.15, 0.2) is 0 Å². The lowest BCUT2D eigenvalue weighted by Gasteiger charge is -2.19. The zero-order valence-corrected chi connectivity index (χ0v) is 14.5. The van der Waals surface area contributed by atoms with Gasteiger partial charge in [-0.05, 0) is 26.7 Å². The lowest BCUT2D eigenvalue weighted by Crippen LogP contribution is -2.46. The SMILES string of the molecule is C=C(Br)C[C@H](NC(=O)C1c2ccccc2-c2ccccc21)C(N)=O. The predicted octanol–water partition coefficient (Wildman–Crippen LogP) is 3.07. The van der Waals surface area contributed by atoms with E-state index in [1.807, 2.05) is 48.5 Å². The number of halogens is 1. The Morgan fingerprint density at radius 3 is 2.04 bits per heavy atom. The van der Waals surface area contributed by atoms with Gasteiger partial charge >= 0.3 is 0 Å². The molecule has 24 heavy (non-hydrogen) atoms. The molecule has 0 saturated carbocycles. The van der Waals surface area contributed by atoms with Crippen LogP contribution in [0.15, 0.2) is 59.6 Å². The van der Waals surface area contributed by atoms with Crippen LogP contribution in [0, 0.1) is 0 Å². The van der Waals surface area contributed by atoms with Gasteiger partial charge in [0.25, 0.3) is 0 Å². The number of benzene rings is 2. The second-order valence-electron chi connectivity index (χ2n) is 5.79. The minimum absolute atomic E-state index is 0.232. The van der Waals surface area contributed by atoms with E-state index in [0.717, 1.165) is 22.3 Å². The van der Waals surface area contributed by atoms with Gasteiger partial charge in [-0.1, -0.05) is 71.0 Å². The summed E-state index contributed by atoms with van der Waals surface area (Å²) in [4.78, 5) is 24.5. The molecule has 0 saturated heterocycles. The molecule has 3 N–H and O–H groups in total. The Morgan fingerprint density at radius 1 is 1.08 bits per heavy atom. The topological polar surface area (TPSA) is 72.2 Å². The average Bonchev–Trinajstić information content (AvgIpc) is 2.88. The summed E-state index contributed by atoms with van der Waals surface area (Å²) < 4.78 is 0.610. The highest BCUT2D eigenvalue weighted by atomic mass is 79.9. The molecule has 2 aromatic carbocycles. The zero-order chi connectivity index (χ0) is 17.3. The zero-order valence-electron chi connectivity index (χ0n) is 13.0. The molecule has 0 heterocycles. The molecule has 0 radical (unpaired) electrons. The largest absolute Gasteiger partial charge is 0.368 e. The molecule has 0 fully saturated rings. The average molecular weight is 385 g/mol. The molecule has 0 aromatic heterocycles. The van der Waals surface area contributed by atoms with Gasteiger partial charge in [-0.2, -0.15) is 0 Å². The molecule has 4 nitrogen and oxygen atoms in total. The molecule has 2 aromatic rings. The van der Waals surface area contributed by atoms with E-state index in [2.05, 4.69) is 27.8 Å². The van der Waals surface area contributed by atoms with Gasteiger partial charge in [-0.3, -0.25) is 9.59 Å². The van der Waals surface area contributed by atoms with Crippen LogP contribution in [0.25, 0.3) is 11.1 Å². The monoisotopic (exact) mass is 384 g/mol. The summed E-state index contributed by atoms with van der Waals surface area (Å²) in [5, 5.41) is 2.77. The van der Waals surface area contributed by atoms with E-state index >= 15 is 0 Å². The van der Waals surface area contributed by atoms with Gasteiger partial charge in [0.2, 0.25) is 11.8 Å². The fourth-order valence-electron chi connectivity index (χ4n) is 3.14. The number of hydrogen-bond donors (Lipinski definition) is 2. The molecule has 0 spiro atoms. The summed E-state index contributed by atoms with van der Waals surface area (Å²) >= 11 is 3.21. The minimum Gasteiger partial charge on any atom is -0.368 e. The molecule has 0 bridgehead atoms. The maximum absolute atomic E-state index is 12.9. The fourth-order valence-corrected chi connectivity index (χ4v) is 3.46. The summed E-state index contributed by atoms with van der Waals surface area (Å²) in [6.07, 6.45) is 0.261. The summed E-state index contributed by atoms with van der Waals surface area (Å²) in [5.41, 5.74) is 9.39. The number of carbonyl (C=O) groups excluding carboxylic acids is 2. The van der Waals surface area contributed by atoms with Gasteiger partial charge in [0.1, 0.15) is 6.04 Å². The Balaban J connectivity index is 1.95. The van der Waals surface area contributed by atoms with Crippen LogP contribution in [0.5, 0.6) is 0 Å². The standard InChI is InChI=1S/C19H17BrN2O2/c1-11(20)10-16(18(21)23)22-19(24)17-14-8-4-2-6-12(14)13-7-3-5-9-15(13)17/h2-9,16-17H,1,10H2,(H2,21,23)(H,22,24)/t16-/m0/s1. The maximum atomic E-state index is 12.9. The van der Waals surface area contributed by atoms with Crippen molar-refractivity contribution in [2.24, 2.45) is 5.73 Å². The number of rotatable bonds is 5. The molecular weight excluding hydrogens is 368 g/mol. The Hall–Kier alpha value is -2.40. The fraction of sp³-hybridized carbons (Fsp3) is 0.158. The summed E-state index contributed by atoms with van der Waals surface area (Å²) in [5.74, 6) is -1.25. The van der Waals surface area contributed by atoms with Gasteiger partial charge in [0.05, 0.1) is 5.92 Å². The molecule has 1 aliphatic carbocycles. The molecule has 5 heteroatoms. The van der Waals surface area contributed by atoms with E-state index in [-0.39, 0.29) is 12.3 Å². The van der Waals surface area contributed by atoms with Crippen LogP contribution < -0.4 is 11.1 Å². The van der Waals surface area contributed by atoms with Gasteiger partial charge in [-0.15, -0.1) is 0 Å². The number of amides is 2. The van der Waals surface area contributed by atoms with E-state index < -0.39 is 17.9 Å². The van der Waals surface area contributed by atoms with Crippen LogP contribution >= 0.6 is 15.9 Å². The predicted molar refractivity (Wildman–Crippen MR) is 97.5 cm³/mol. The Morgan fingerprint density at radius 2 is 1.58 bits per heavy atom. The highest BCUT2D eigenvalue weighted by molar-refractivity contribution is 9.11. The van der Waals surface area contributed by atoms with Crippen molar-refractivity contribution in [2.75, 3.05) is 0 Å². The van der Waals surface area contributed by atoms with E-state index in [9.17, 15) is 9.59 Å². The van der Waals surface area contributed by atoms with Crippen molar-refractivity contribution in [3.05, 3.63) is 70.7 Å². The third kappa shape index (κ3) is 2.99. The maximum Gasteiger partial charge on any atom is 0.240 e. The second kappa shape index (κ2) is 6.61. The minimum atomic E-state index is -0.788. The summed E-state index contributed by atoms with van der Waals surface area (Å²) in [7, 11) is 0. The second-order valence-corrected chi connectivity index (χ2v) is 6.91. The van der Waals surface area contributed by atoms with Crippen LogP contribution in [-0.2, 0) is 9.59 Å². The van der Waals surface area contributed by atoms with Gasteiger partial charge in [-0.25, -0.2) is 0 Å². The van der Waals surface area contributed by atoms with Gasteiger partial charge in [0, 0.05) is 6.42 Å². The number of nitrogens with one attached hydrogen (secondary N) is 1. The molecule has 3 rings (SSSR count). The van der Waals surface area contributed by atoms with Crippen molar-refractivity contribution in [3.8, 4) is 11.1 Å². The van der Waals surface area contributed by atoms with Crippen molar-refractivity contribution in [3.63, 3.8) is 0 Å². The lowest BCUT2D eigenvalue weighted by molar-refractivity contribution is -0.127. The number of primary amides is 1.